The third-order valence-corrected chi connectivity index (χ3v) is 5.32. The van der Waals surface area contributed by atoms with Crippen LogP contribution >= 0.6 is 0 Å². The molecule has 0 aliphatic carbocycles. The molecule has 0 spiro atoms. The third-order valence-electron chi connectivity index (χ3n) is 5.32. The molecule has 0 bridgehead atoms. The summed E-state index contributed by atoms with van der Waals surface area (Å²) in [4.78, 5) is 26.2. The lowest BCUT2D eigenvalue weighted by Gasteiger charge is -2.33. The molecule has 2 aliphatic heterocycles. The molecule has 7 nitrogen and oxygen atoms in total. The molecule has 1 N–H and O–H groups in total. The van der Waals surface area contributed by atoms with Gasteiger partial charge in [-0.05, 0) is 36.8 Å². The average Bonchev–Trinajstić information content (AvgIpc) is 3.27. The van der Waals surface area contributed by atoms with Gasteiger partial charge in [-0.2, -0.15) is 5.10 Å². The number of fused-ring (bicyclic) bond motifs is 1. The standard InChI is InChI=1S/C18H18FN3O4/c19-13-1-3-14(4-2-13)22-7-5-15(20-22)16(23)21-9-12-10-26-8-6-18(12,11-21)17(24)25/h1-5,7,12H,6,8-11H2,(H,24,25)/t12-,18+/m0/s1. The summed E-state index contributed by atoms with van der Waals surface area (Å²) in [6.45, 7) is 1.25. The number of ether oxygens (including phenoxy) is 1. The maximum Gasteiger partial charge on any atom is 0.311 e. The van der Waals surface area contributed by atoms with Crippen LogP contribution in [0.25, 0.3) is 5.69 Å². The first kappa shape index (κ1) is 16.7. The number of rotatable bonds is 3. The Labute approximate surface area is 149 Å². The first-order valence-electron chi connectivity index (χ1n) is 8.42. The first-order valence-corrected chi connectivity index (χ1v) is 8.42. The fourth-order valence-corrected chi connectivity index (χ4v) is 3.79. The van der Waals surface area contributed by atoms with E-state index in [9.17, 15) is 19.1 Å². The lowest BCUT2D eigenvalue weighted by molar-refractivity contribution is -0.157. The van der Waals surface area contributed by atoms with Crippen molar-refractivity contribution < 1.29 is 23.8 Å². The summed E-state index contributed by atoms with van der Waals surface area (Å²) < 4.78 is 19.9. The summed E-state index contributed by atoms with van der Waals surface area (Å²) in [5.41, 5.74) is -0.0710. The number of halogens is 1. The molecular formula is C18H18FN3O4. The van der Waals surface area contributed by atoms with Gasteiger partial charge in [-0.1, -0.05) is 0 Å². The molecule has 1 amide bonds. The van der Waals surface area contributed by atoms with Crippen LogP contribution in [-0.4, -0.2) is 58.0 Å². The van der Waals surface area contributed by atoms with Gasteiger partial charge >= 0.3 is 5.97 Å². The zero-order chi connectivity index (χ0) is 18.3. The van der Waals surface area contributed by atoms with Crippen molar-refractivity contribution in [1.82, 2.24) is 14.7 Å². The zero-order valence-corrected chi connectivity index (χ0v) is 14.0. The van der Waals surface area contributed by atoms with E-state index in [1.165, 1.54) is 16.8 Å². The summed E-state index contributed by atoms with van der Waals surface area (Å²) in [5, 5.41) is 14.0. The minimum atomic E-state index is -0.937. The van der Waals surface area contributed by atoms with Crippen molar-refractivity contribution in [1.29, 1.82) is 0 Å². The molecule has 2 atom stereocenters. The van der Waals surface area contributed by atoms with E-state index in [2.05, 4.69) is 5.10 Å². The van der Waals surface area contributed by atoms with E-state index in [0.29, 0.717) is 31.9 Å². The lowest BCUT2D eigenvalue weighted by atomic mass is 9.74. The number of aliphatic carboxylic acids is 1. The average molecular weight is 359 g/mol. The highest BCUT2D eigenvalue weighted by atomic mass is 19.1. The number of nitrogens with zero attached hydrogens (tertiary/aromatic N) is 3. The first-order chi connectivity index (χ1) is 12.5. The van der Waals surface area contributed by atoms with Crippen LogP contribution in [-0.2, 0) is 9.53 Å². The fourth-order valence-electron chi connectivity index (χ4n) is 3.79. The van der Waals surface area contributed by atoms with Crippen LogP contribution in [0, 0.1) is 17.2 Å². The largest absolute Gasteiger partial charge is 0.481 e. The Kier molecular flexibility index (Phi) is 3.99. The number of likely N-dealkylation sites (tertiary alicyclic amines) is 1. The molecule has 26 heavy (non-hydrogen) atoms. The van der Waals surface area contributed by atoms with Crippen molar-refractivity contribution in [3.05, 3.63) is 48.0 Å². The molecule has 3 heterocycles. The maximum absolute atomic E-state index is 13.0. The number of benzene rings is 1. The molecule has 136 valence electrons. The summed E-state index contributed by atoms with van der Waals surface area (Å²) in [6.07, 6.45) is 2.03. The van der Waals surface area contributed by atoms with Gasteiger partial charge in [0.15, 0.2) is 5.69 Å². The van der Waals surface area contributed by atoms with E-state index in [4.69, 9.17) is 4.74 Å². The number of hydrogen-bond acceptors (Lipinski definition) is 4. The van der Waals surface area contributed by atoms with Crippen LogP contribution in [0.1, 0.15) is 16.9 Å². The number of carboxylic acids is 1. The van der Waals surface area contributed by atoms with E-state index in [-0.39, 0.29) is 29.9 Å². The van der Waals surface area contributed by atoms with Crippen LogP contribution in [0.5, 0.6) is 0 Å². The van der Waals surface area contributed by atoms with Gasteiger partial charge in [-0.15, -0.1) is 0 Å². The second-order valence-corrected chi connectivity index (χ2v) is 6.79. The van der Waals surface area contributed by atoms with Gasteiger partial charge in [0.1, 0.15) is 5.82 Å². The van der Waals surface area contributed by atoms with Crippen LogP contribution < -0.4 is 0 Å². The fraction of sp³-hybridized carbons (Fsp3) is 0.389. The molecule has 2 aromatic rings. The number of carbonyl (C=O) groups is 2. The molecule has 2 saturated heterocycles. The number of carbonyl (C=O) groups excluding carboxylic acids is 1. The topological polar surface area (TPSA) is 84.7 Å². The quantitative estimate of drug-likeness (QED) is 0.899. The number of aromatic nitrogens is 2. The van der Waals surface area contributed by atoms with Crippen LogP contribution in [0.4, 0.5) is 4.39 Å². The predicted molar refractivity (Wildman–Crippen MR) is 88.4 cm³/mol. The van der Waals surface area contributed by atoms with Gasteiger partial charge in [-0.25, -0.2) is 9.07 Å². The van der Waals surface area contributed by atoms with Crippen molar-refractivity contribution in [2.45, 2.75) is 6.42 Å². The minimum absolute atomic E-state index is 0.165. The van der Waals surface area contributed by atoms with Gasteiger partial charge in [0, 0.05) is 31.8 Å². The van der Waals surface area contributed by atoms with Crippen molar-refractivity contribution in [3.8, 4) is 5.69 Å². The molecule has 8 heteroatoms. The Morgan fingerprint density at radius 3 is 2.73 bits per heavy atom. The van der Waals surface area contributed by atoms with Crippen LogP contribution in [0.3, 0.4) is 0 Å². The molecule has 2 aliphatic rings. The van der Waals surface area contributed by atoms with Crippen molar-refractivity contribution >= 4 is 11.9 Å². The van der Waals surface area contributed by atoms with E-state index in [1.807, 2.05) is 0 Å². The molecule has 4 rings (SSSR count). The normalized spacial score (nSPS) is 25.1. The molecule has 0 saturated carbocycles. The van der Waals surface area contributed by atoms with Crippen molar-refractivity contribution in [3.63, 3.8) is 0 Å². The van der Waals surface area contributed by atoms with Gasteiger partial charge in [0.05, 0.1) is 17.7 Å². The predicted octanol–water partition coefficient (Wildman–Crippen LogP) is 1.57. The SMILES string of the molecule is O=C(c1ccn(-c2ccc(F)cc2)n1)N1C[C@H]2COCC[C@@]2(C(=O)O)C1. The van der Waals surface area contributed by atoms with Gasteiger partial charge in [0.25, 0.3) is 5.91 Å². The number of carboxylic acid groups (broad SMARTS) is 1. The zero-order valence-electron chi connectivity index (χ0n) is 14.0. The van der Waals surface area contributed by atoms with Gasteiger partial charge in [-0.3, -0.25) is 9.59 Å². The van der Waals surface area contributed by atoms with E-state index in [0.717, 1.165) is 0 Å². The third kappa shape index (κ3) is 2.66. The smallest absolute Gasteiger partial charge is 0.311 e. The Morgan fingerprint density at radius 2 is 2.04 bits per heavy atom. The minimum Gasteiger partial charge on any atom is -0.481 e. The molecule has 0 unspecified atom stereocenters. The van der Waals surface area contributed by atoms with E-state index < -0.39 is 11.4 Å². The summed E-state index contributed by atoms with van der Waals surface area (Å²) in [6, 6.07) is 7.35. The molecule has 1 aromatic heterocycles. The highest BCUT2D eigenvalue weighted by molar-refractivity contribution is 5.93. The Hall–Kier alpha value is -2.74. The lowest BCUT2D eigenvalue weighted by Crippen LogP contribution is -2.45. The van der Waals surface area contributed by atoms with Crippen LogP contribution in [0.2, 0.25) is 0 Å². The monoisotopic (exact) mass is 359 g/mol. The summed E-state index contributed by atoms with van der Waals surface area (Å²) in [5.74, 6) is -1.74. The van der Waals surface area contributed by atoms with E-state index >= 15 is 0 Å². The van der Waals surface area contributed by atoms with Crippen molar-refractivity contribution in [2.75, 3.05) is 26.3 Å². The van der Waals surface area contributed by atoms with Crippen LogP contribution in [0.15, 0.2) is 36.5 Å². The van der Waals surface area contributed by atoms with Crippen molar-refractivity contribution in [2.24, 2.45) is 11.3 Å². The maximum atomic E-state index is 13.0. The molecular weight excluding hydrogens is 341 g/mol. The molecule has 0 radical (unpaired) electrons. The summed E-state index contributed by atoms with van der Waals surface area (Å²) in [7, 11) is 0. The number of amides is 1. The Balaban J connectivity index is 1.55. The van der Waals surface area contributed by atoms with Gasteiger partial charge < -0.3 is 14.7 Å². The second-order valence-electron chi connectivity index (χ2n) is 6.79. The summed E-state index contributed by atoms with van der Waals surface area (Å²) >= 11 is 0. The Morgan fingerprint density at radius 1 is 1.27 bits per heavy atom. The molecule has 1 aromatic carbocycles. The highest BCUT2D eigenvalue weighted by Gasteiger charge is 2.55. The second kappa shape index (κ2) is 6.21. The Bertz CT molecular complexity index is 850. The molecule has 2 fully saturated rings. The number of hydrogen-bond donors (Lipinski definition) is 1. The van der Waals surface area contributed by atoms with Gasteiger partial charge in [0.2, 0.25) is 0 Å². The van der Waals surface area contributed by atoms with E-state index in [1.54, 1.807) is 29.3 Å². The highest BCUT2D eigenvalue weighted by Crippen LogP contribution is 2.42.